The third-order valence-corrected chi connectivity index (χ3v) is 4.65. The number of nitrogens with zero attached hydrogens (tertiary/aromatic N) is 4. The average molecular weight is 396 g/mol. The summed E-state index contributed by atoms with van der Waals surface area (Å²) < 4.78 is 11.2. The Labute approximate surface area is 162 Å². The largest absolute Gasteiger partial charge is 0.481 e. The standard InChI is InChI=1S/C17H18ClN5O2.ClH/c1-23-8-7-19-9-13(23)17-21-15(25-22-17)10-24-14-5-4-12(18)11-3-2-6-20-16(11)14;/h2-6,13,19H,7-10H2,1H3;1H. The molecule has 0 saturated carbocycles. The number of hydrogen-bond acceptors (Lipinski definition) is 7. The molecule has 0 aliphatic carbocycles. The van der Waals surface area contributed by atoms with Crippen LogP contribution in [0.2, 0.25) is 5.02 Å². The Balaban J connectivity index is 0.00000196. The van der Waals surface area contributed by atoms with Gasteiger partial charge >= 0.3 is 0 Å². The first-order chi connectivity index (χ1) is 12.2. The molecule has 1 fully saturated rings. The van der Waals surface area contributed by atoms with E-state index >= 15 is 0 Å². The zero-order chi connectivity index (χ0) is 17.2. The number of nitrogens with one attached hydrogen (secondary N) is 1. The first-order valence-corrected chi connectivity index (χ1v) is 8.49. The Bertz CT molecular complexity index is 888. The molecule has 0 bridgehead atoms. The van der Waals surface area contributed by atoms with Gasteiger partial charge < -0.3 is 14.6 Å². The van der Waals surface area contributed by atoms with Crippen LogP contribution in [0, 0.1) is 0 Å². The lowest BCUT2D eigenvalue weighted by atomic mass is 10.2. The molecule has 0 radical (unpaired) electrons. The molecule has 3 aromatic rings. The number of halogens is 2. The topological polar surface area (TPSA) is 76.3 Å². The first-order valence-electron chi connectivity index (χ1n) is 8.12. The van der Waals surface area contributed by atoms with Gasteiger partial charge in [0, 0.05) is 31.2 Å². The van der Waals surface area contributed by atoms with Gasteiger partial charge in [0.05, 0.1) is 11.1 Å². The third kappa shape index (κ3) is 3.76. The van der Waals surface area contributed by atoms with Crippen LogP contribution in [0.4, 0.5) is 0 Å². The fourth-order valence-electron chi connectivity index (χ4n) is 2.92. The second-order valence-corrected chi connectivity index (χ2v) is 6.39. The SMILES string of the molecule is CN1CCNCC1c1noc(COc2ccc(Cl)c3cccnc23)n1.Cl. The van der Waals surface area contributed by atoms with Crippen molar-refractivity contribution in [1.29, 1.82) is 0 Å². The average Bonchev–Trinajstić information content (AvgIpc) is 3.11. The summed E-state index contributed by atoms with van der Waals surface area (Å²) in [6.45, 7) is 2.91. The lowest BCUT2D eigenvalue weighted by Gasteiger charge is -2.30. The van der Waals surface area contributed by atoms with Gasteiger partial charge in [0.2, 0.25) is 0 Å². The fourth-order valence-corrected chi connectivity index (χ4v) is 3.14. The monoisotopic (exact) mass is 395 g/mol. The molecule has 1 aliphatic heterocycles. The normalized spacial score (nSPS) is 17.8. The van der Waals surface area contributed by atoms with Crippen molar-refractivity contribution in [2.75, 3.05) is 26.7 Å². The minimum atomic E-state index is 0. The summed E-state index contributed by atoms with van der Waals surface area (Å²) in [6, 6.07) is 7.46. The van der Waals surface area contributed by atoms with Crippen LogP contribution in [-0.4, -0.2) is 46.7 Å². The summed E-state index contributed by atoms with van der Waals surface area (Å²) >= 11 is 6.20. The maximum Gasteiger partial charge on any atom is 0.264 e. The highest BCUT2D eigenvalue weighted by molar-refractivity contribution is 6.35. The van der Waals surface area contributed by atoms with Crippen LogP contribution in [0.5, 0.6) is 5.75 Å². The van der Waals surface area contributed by atoms with Gasteiger partial charge in [0.25, 0.3) is 5.89 Å². The van der Waals surface area contributed by atoms with Crippen LogP contribution in [0.15, 0.2) is 35.0 Å². The van der Waals surface area contributed by atoms with E-state index in [9.17, 15) is 0 Å². The number of hydrogen-bond donors (Lipinski definition) is 1. The molecule has 9 heteroatoms. The Morgan fingerprint density at radius 3 is 3.12 bits per heavy atom. The number of piperazine rings is 1. The van der Waals surface area contributed by atoms with E-state index in [0.717, 1.165) is 25.0 Å². The molecule has 1 aromatic carbocycles. The lowest BCUT2D eigenvalue weighted by Crippen LogP contribution is -2.44. The number of benzene rings is 1. The van der Waals surface area contributed by atoms with Crippen LogP contribution in [0.1, 0.15) is 17.8 Å². The quantitative estimate of drug-likeness (QED) is 0.727. The minimum absolute atomic E-state index is 0. The molecule has 7 nitrogen and oxygen atoms in total. The Morgan fingerprint density at radius 1 is 1.38 bits per heavy atom. The second-order valence-electron chi connectivity index (χ2n) is 5.98. The Hall–Kier alpha value is -1.93. The van der Waals surface area contributed by atoms with Crippen molar-refractivity contribution in [2.24, 2.45) is 0 Å². The molecular weight excluding hydrogens is 377 g/mol. The summed E-state index contributed by atoms with van der Waals surface area (Å²) in [6.07, 6.45) is 1.71. The number of rotatable bonds is 4. The van der Waals surface area contributed by atoms with Crippen LogP contribution < -0.4 is 10.1 Å². The summed E-state index contributed by atoms with van der Waals surface area (Å²) in [5, 5.41) is 8.93. The maximum atomic E-state index is 6.20. The highest BCUT2D eigenvalue weighted by Crippen LogP contribution is 2.30. The summed E-state index contributed by atoms with van der Waals surface area (Å²) in [5.74, 6) is 1.75. The van der Waals surface area contributed by atoms with Crippen LogP contribution in [-0.2, 0) is 6.61 Å². The van der Waals surface area contributed by atoms with Gasteiger partial charge in [-0.2, -0.15) is 4.98 Å². The highest BCUT2D eigenvalue weighted by Gasteiger charge is 2.25. The van der Waals surface area contributed by atoms with Gasteiger partial charge in [0.1, 0.15) is 11.3 Å². The predicted octanol–water partition coefficient (Wildman–Crippen LogP) is 2.85. The van der Waals surface area contributed by atoms with Crippen molar-refractivity contribution in [3.8, 4) is 5.75 Å². The third-order valence-electron chi connectivity index (χ3n) is 4.32. The fraction of sp³-hybridized carbons (Fsp3) is 0.353. The maximum absolute atomic E-state index is 6.20. The van der Waals surface area contributed by atoms with Crippen molar-refractivity contribution >= 4 is 34.9 Å². The molecule has 0 spiro atoms. The molecule has 0 amide bonds. The lowest BCUT2D eigenvalue weighted by molar-refractivity contribution is 0.189. The molecule has 4 rings (SSSR count). The molecule has 1 saturated heterocycles. The van der Waals surface area contributed by atoms with E-state index in [-0.39, 0.29) is 25.1 Å². The van der Waals surface area contributed by atoms with Gasteiger partial charge in [-0.25, -0.2) is 0 Å². The number of likely N-dealkylation sites (N-methyl/N-ethyl adjacent to an activating group) is 1. The number of aromatic nitrogens is 3. The number of ether oxygens (including phenoxy) is 1. The van der Waals surface area contributed by atoms with Crippen molar-refractivity contribution in [3.05, 3.63) is 47.2 Å². The number of pyridine rings is 1. The molecular formula is C17H19Cl2N5O2. The van der Waals surface area contributed by atoms with E-state index < -0.39 is 0 Å². The van der Waals surface area contributed by atoms with E-state index in [2.05, 4.69) is 32.4 Å². The van der Waals surface area contributed by atoms with Gasteiger partial charge in [0.15, 0.2) is 12.4 Å². The molecule has 2 aromatic heterocycles. The summed E-state index contributed by atoms with van der Waals surface area (Å²) in [4.78, 5) is 11.0. The van der Waals surface area contributed by atoms with E-state index in [1.54, 1.807) is 18.3 Å². The van der Waals surface area contributed by atoms with E-state index in [4.69, 9.17) is 20.9 Å². The van der Waals surface area contributed by atoms with E-state index in [0.29, 0.717) is 28.0 Å². The predicted molar refractivity (Wildman–Crippen MR) is 101 cm³/mol. The molecule has 1 N–H and O–H groups in total. The van der Waals surface area contributed by atoms with Gasteiger partial charge in [-0.15, -0.1) is 12.4 Å². The van der Waals surface area contributed by atoms with Crippen molar-refractivity contribution < 1.29 is 9.26 Å². The first kappa shape index (κ1) is 18.8. The van der Waals surface area contributed by atoms with Crippen LogP contribution >= 0.6 is 24.0 Å². The molecule has 1 unspecified atom stereocenters. The Kier molecular flexibility index (Phi) is 5.93. The zero-order valence-electron chi connectivity index (χ0n) is 14.2. The minimum Gasteiger partial charge on any atom is -0.481 e. The molecule has 26 heavy (non-hydrogen) atoms. The van der Waals surface area contributed by atoms with Crippen molar-refractivity contribution in [1.82, 2.24) is 25.3 Å². The Morgan fingerprint density at radius 2 is 2.27 bits per heavy atom. The summed E-state index contributed by atoms with van der Waals surface area (Å²) in [7, 11) is 2.06. The molecule has 3 heterocycles. The number of fused-ring (bicyclic) bond motifs is 1. The van der Waals surface area contributed by atoms with Gasteiger partial charge in [-0.05, 0) is 31.3 Å². The zero-order valence-corrected chi connectivity index (χ0v) is 15.8. The van der Waals surface area contributed by atoms with Crippen molar-refractivity contribution in [2.45, 2.75) is 12.6 Å². The second kappa shape index (κ2) is 8.18. The van der Waals surface area contributed by atoms with Gasteiger partial charge in [-0.1, -0.05) is 16.8 Å². The van der Waals surface area contributed by atoms with Crippen LogP contribution in [0.3, 0.4) is 0 Å². The van der Waals surface area contributed by atoms with Crippen molar-refractivity contribution in [3.63, 3.8) is 0 Å². The molecule has 1 atom stereocenters. The van der Waals surface area contributed by atoms with E-state index in [1.165, 1.54) is 0 Å². The smallest absolute Gasteiger partial charge is 0.264 e. The summed E-state index contributed by atoms with van der Waals surface area (Å²) in [5.41, 5.74) is 0.714. The van der Waals surface area contributed by atoms with Gasteiger partial charge in [-0.3, -0.25) is 9.88 Å². The van der Waals surface area contributed by atoms with E-state index in [1.807, 2.05) is 12.1 Å². The van der Waals surface area contributed by atoms with Crippen LogP contribution in [0.25, 0.3) is 10.9 Å². The molecule has 1 aliphatic rings. The molecule has 138 valence electrons. The highest BCUT2D eigenvalue weighted by atomic mass is 35.5.